The number of imide groups is 1. The smallest absolute Gasteiger partial charge is 0.234 e. The topological polar surface area (TPSA) is 37.4 Å². The quantitative estimate of drug-likeness (QED) is 0.753. The normalized spacial score (nSPS) is 17.6. The van der Waals surface area contributed by atoms with Gasteiger partial charge in [0.2, 0.25) is 11.8 Å². The molecule has 1 aliphatic heterocycles. The van der Waals surface area contributed by atoms with E-state index in [0.717, 1.165) is 23.1 Å². The molecule has 1 heterocycles. The molecule has 136 valence electrons. The molecule has 1 saturated heterocycles. The van der Waals surface area contributed by atoms with Gasteiger partial charge in [-0.05, 0) is 41.7 Å². The number of rotatable bonds is 3. The zero-order valence-electron chi connectivity index (χ0n) is 15.5. The van der Waals surface area contributed by atoms with Crippen LogP contribution in [-0.2, 0) is 16.0 Å². The molecule has 2 aromatic carbocycles. The number of amides is 2. The first-order chi connectivity index (χ1) is 12.3. The van der Waals surface area contributed by atoms with Crippen LogP contribution in [0, 0.1) is 5.41 Å². The van der Waals surface area contributed by atoms with E-state index >= 15 is 0 Å². The molecule has 0 N–H and O–H groups in total. The first-order valence-electron chi connectivity index (χ1n) is 8.97. The van der Waals surface area contributed by atoms with Crippen molar-refractivity contribution in [3.05, 3.63) is 59.1 Å². The Labute approximate surface area is 160 Å². The Morgan fingerprint density at radius 3 is 2.42 bits per heavy atom. The Kier molecular flexibility index (Phi) is 5.19. The number of hydrogen-bond acceptors (Lipinski definition) is 2. The van der Waals surface area contributed by atoms with Gasteiger partial charge in [0.1, 0.15) is 0 Å². The number of halogens is 1. The minimum Gasteiger partial charge on any atom is -0.279 e. The Morgan fingerprint density at radius 1 is 1.12 bits per heavy atom. The molecule has 0 bridgehead atoms. The van der Waals surface area contributed by atoms with Gasteiger partial charge in [-0.25, -0.2) is 0 Å². The van der Waals surface area contributed by atoms with Gasteiger partial charge in [0, 0.05) is 22.9 Å². The fourth-order valence-corrected chi connectivity index (χ4v) is 3.54. The lowest BCUT2D eigenvalue weighted by molar-refractivity contribution is -0.149. The molecule has 1 atom stereocenters. The van der Waals surface area contributed by atoms with Gasteiger partial charge < -0.3 is 0 Å². The van der Waals surface area contributed by atoms with Crippen molar-refractivity contribution in [2.24, 2.45) is 5.41 Å². The van der Waals surface area contributed by atoms with Gasteiger partial charge in [0.05, 0.1) is 0 Å². The average molecular weight is 370 g/mol. The summed E-state index contributed by atoms with van der Waals surface area (Å²) < 4.78 is 0. The molecule has 2 amide bonds. The number of carbonyl (C=O) groups is 2. The summed E-state index contributed by atoms with van der Waals surface area (Å²) in [7, 11) is 0. The lowest BCUT2D eigenvalue weighted by Crippen LogP contribution is -2.45. The second kappa shape index (κ2) is 7.24. The van der Waals surface area contributed by atoms with Crippen molar-refractivity contribution < 1.29 is 9.59 Å². The summed E-state index contributed by atoms with van der Waals surface area (Å²) in [5.74, 6) is -0.133. The third-order valence-corrected chi connectivity index (χ3v) is 5.00. The van der Waals surface area contributed by atoms with Gasteiger partial charge in [-0.1, -0.05) is 68.8 Å². The molecule has 0 saturated carbocycles. The summed E-state index contributed by atoms with van der Waals surface area (Å²) in [6.45, 7) is 5.58. The van der Waals surface area contributed by atoms with Crippen molar-refractivity contribution in [3.63, 3.8) is 0 Å². The van der Waals surface area contributed by atoms with E-state index in [9.17, 15) is 9.59 Å². The Hall–Kier alpha value is -2.13. The Balaban J connectivity index is 1.76. The first kappa shape index (κ1) is 18.7. The molecular weight excluding hydrogens is 346 g/mol. The van der Waals surface area contributed by atoms with E-state index in [1.165, 1.54) is 4.90 Å². The van der Waals surface area contributed by atoms with Crippen molar-refractivity contribution in [3.8, 4) is 11.1 Å². The van der Waals surface area contributed by atoms with E-state index < -0.39 is 5.41 Å². The fraction of sp³-hybridized carbons (Fsp3) is 0.364. The fourth-order valence-electron chi connectivity index (χ4n) is 3.35. The summed E-state index contributed by atoms with van der Waals surface area (Å²) in [5, 5.41) is 0.715. The molecule has 26 heavy (non-hydrogen) atoms. The van der Waals surface area contributed by atoms with Crippen molar-refractivity contribution in [1.82, 2.24) is 4.90 Å². The maximum atomic E-state index is 12.6. The third-order valence-electron chi connectivity index (χ3n) is 4.77. The minimum absolute atomic E-state index is 0.0498. The van der Waals surface area contributed by atoms with E-state index in [1.54, 1.807) is 0 Å². The standard InChI is InChI=1S/C22H24ClNO2/c1-22(2,3)21(26)24-19(11-12-20(24)25)13-15-7-9-16(10-8-15)17-5-4-6-18(23)14-17/h4-10,14,19H,11-13H2,1-3H3/t19-/m0/s1. The maximum Gasteiger partial charge on any atom is 0.234 e. The lowest BCUT2D eigenvalue weighted by atomic mass is 9.93. The van der Waals surface area contributed by atoms with Crippen LogP contribution in [0.25, 0.3) is 11.1 Å². The van der Waals surface area contributed by atoms with Gasteiger partial charge >= 0.3 is 0 Å². The van der Waals surface area contributed by atoms with Crippen molar-refractivity contribution >= 4 is 23.4 Å². The SMILES string of the molecule is CC(C)(C)C(=O)N1C(=O)CC[C@H]1Cc1ccc(-c2cccc(Cl)c2)cc1. The zero-order valence-corrected chi connectivity index (χ0v) is 16.2. The summed E-state index contributed by atoms with van der Waals surface area (Å²) in [6, 6.07) is 16.0. The molecule has 0 radical (unpaired) electrons. The summed E-state index contributed by atoms with van der Waals surface area (Å²) in [6.07, 6.45) is 1.88. The van der Waals surface area contributed by atoms with E-state index in [1.807, 2.05) is 45.0 Å². The van der Waals surface area contributed by atoms with E-state index in [2.05, 4.69) is 24.3 Å². The first-order valence-corrected chi connectivity index (χ1v) is 9.35. The van der Waals surface area contributed by atoms with Crippen molar-refractivity contribution in [2.75, 3.05) is 0 Å². The molecule has 3 rings (SSSR count). The molecule has 3 nitrogen and oxygen atoms in total. The molecule has 1 aliphatic rings. The molecule has 1 fully saturated rings. The highest BCUT2D eigenvalue weighted by atomic mass is 35.5. The molecule has 2 aromatic rings. The highest BCUT2D eigenvalue weighted by Gasteiger charge is 2.40. The molecule has 0 spiro atoms. The summed E-state index contributed by atoms with van der Waals surface area (Å²) >= 11 is 6.07. The highest BCUT2D eigenvalue weighted by Crippen LogP contribution is 2.29. The Morgan fingerprint density at radius 2 is 1.81 bits per heavy atom. The third kappa shape index (κ3) is 3.99. The predicted molar refractivity (Wildman–Crippen MR) is 105 cm³/mol. The number of likely N-dealkylation sites (tertiary alicyclic amines) is 1. The van der Waals surface area contributed by atoms with Crippen LogP contribution in [0.1, 0.15) is 39.2 Å². The predicted octanol–water partition coefficient (Wildman–Crippen LogP) is 5.11. The van der Waals surface area contributed by atoms with Crippen LogP contribution in [0.15, 0.2) is 48.5 Å². The van der Waals surface area contributed by atoms with Crippen LogP contribution in [0.2, 0.25) is 5.02 Å². The molecule has 0 aromatic heterocycles. The lowest BCUT2D eigenvalue weighted by Gasteiger charge is -2.29. The average Bonchev–Trinajstić information content (AvgIpc) is 2.94. The second-order valence-electron chi connectivity index (χ2n) is 7.92. The summed E-state index contributed by atoms with van der Waals surface area (Å²) in [4.78, 5) is 26.4. The molecule has 4 heteroatoms. The number of nitrogens with zero attached hydrogens (tertiary/aromatic N) is 1. The minimum atomic E-state index is -0.547. The van der Waals surface area contributed by atoms with E-state index in [4.69, 9.17) is 11.6 Å². The van der Waals surface area contributed by atoms with Gasteiger partial charge in [-0.3, -0.25) is 14.5 Å². The number of hydrogen-bond donors (Lipinski definition) is 0. The second-order valence-corrected chi connectivity index (χ2v) is 8.36. The van der Waals surface area contributed by atoms with Gasteiger partial charge in [-0.15, -0.1) is 0 Å². The molecule has 0 aliphatic carbocycles. The van der Waals surface area contributed by atoms with Crippen LogP contribution in [-0.4, -0.2) is 22.8 Å². The number of carbonyl (C=O) groups excluding carboxylic acids is 2. The Bertz CT molecular complexity index is 821. The van der Waals surface area contributed by atoms with Gasteiger partial charge in [0.25, 0.3) is 0 Å². The van der Waals surface area contributed by atoms with Crippen LogP contribution in [0.4, 0.5) is 0 Å². The highest BCUT2D eigenvalue weighted by molar-refractivity contribution is 6.30. The monoisotopic (exact) mass is 369 g/mol. The molecular formula is C22H24ClNO2. The zero-order chi connectivity index (χ0) is 18.9. The maximum absolute atomic E-state index is 12.6. The summed E-state index contributed by atoms with van der Waals surface area (Å²) in [5.41, 5.74) is 2.75. The van der Waals surface area contributed by atoms with Crippen LogP contribution < -0.4 is 0 Å². The van der Waals surface area contributed by atoms with Crippen molar-refractivity contribution in [2.45, 2.75) is 46.1 Å². The van der Waals surface area contributed by atoms with Crippen LogP contribution in [0.3, 0.4) is 0 Å². The van der Waals surface area contributed by atoms with E-state index in [-0.39, 0.29) is 17.9 Å². The van der Waals surface area contributed by atoms with Crippen LogP contribution in [0.5, 0.6) is 0 Å². The van der Waals surface area contributed by atoms with E-state index in [0.29, 0.717) is 17.9 Å². The van der Waals surface area contributed by atoms with Crippen LogP contribution >= 0.6 is 11.6 Å². The number of benzene rings is 2. The molecule has 0 unspecified atom stereocenters. The van der Waals surface area contributed by atoms with Gasteiger partial charge in [-0.2, -0.15) is 0 Å². The largest absolute Gasteiger partial charge is 0.279 e. The van der Waals surface area contributed by atoms with Gasteiger partial charge in [0.15, 0.2) is 0 Å². The van der Waals surface area contributed by atoms with Crippen molar-refractivity contribution in [1.29, 1.82) is 0 Å².